The van der Waals surface area contributed by atoms with E-state index in [1.165, 1.54) is 17.5 Å². The molecule has 0 atom stereocenters. The molecule has 0 unspecified atom stereocenters. The second kappa shape index (κ2) is 3.80. The van der Waals surface area contributed by atoms with E-state index in [0.717, 1.165) is 24.2 Å². The average Bonchev–Trinajstić information content (AvgIpc) is 2.94. The number of nitrogens with two attached hydrogens (primary N) is 1. The van der Waals surface area contributed by atoms with Crippen molar-refractivity contribution < 1.29 is 9.26 Å². The molecule has 0 amide bonds. The Morgan fingerprint density at radius 3 is 2.65 bits per heavy atom. The van der Waals surface area contributed by atoms with Crippen LogP contribution in [0.5, 0.6) is 5.75 Å². The summed E-state index contributed by atoms with van der Waals surface area (Å²) >= 11 is 0. The SMILES string of the molecule is COc1cc2c(cc1-c1cc(N)no1)CCC2. The van der Waals surface area contributed by atoms with Crippen LogP contribution in [0.3, 0.4) is 0 Å². The number of hydrogen-bond donors (Lipinski definition) is 1. The normalized spacial score (nSPS) is 13.7. The quantitative estimate of drug-likeness (QED) is 0.860. The molecule has 0 fully saturated rings. The van der Waals surface area contributed by atoms with Crippen molar-refractivity contribution in [3.05, 3.63) is 29.3 Å². The standard InChI is InChI=1S/C13H14N2O2/c1-16-11-6-9-4-2-3-8(9)5-10(11)12-7-13(14)15-17-12/h5-7H,2-4H2,1H3,(H2,14,15). The number of methoxy groups -OCH3 is 1. The van der Waals surface area contributed by atoms with Gasteiger partial charge >= 0.3 is 0 Å². The molecule has 1 aromatic carbocycles. The molecule has 17 heavy (non-hydrogen) atoms. The molecule has 1 aliphatic carbocycles. The van der Waals surface area contributed by atoms with E-state index in [0.29, 0.717) is 11.6 Å². The van der Waals surface area contributed by atoms with Crippen LogP contribution in [0.2, 0.25) is 0 Å². The van der Waals surface area contributed by atoms with Crippen molar-refractivity contribution in [3.8, 4) is 17.1 Å². The van der Waals surface area contributed by atoms with Gasteiger partial charge in [-0.25, -0.2) is 0 Å². The second-order valence-electron chi connectivity index (χ2n) is 4.29. The van der Waals surface area contributed by atoms with Crippen LogP contribution in [0.15, 0.2) is 22.7 Å². The lowest BCUT2D eigenvalue weighted by Gasteiger charge is -2.08. The molecule has 0 saturated heterocycles. The van der Waals surface area contributed by atoms with Gasteiger partial charge in [0.05, 0.1) is 12.7 Å². The summed E-state index contributed by atoms with van der Waals surface area (Å²) in [6, 6.07) is 5.94. The first-order valence-electron chi connectivity index (χ1n) is 5.70. The van der Waals surface area contributed by atoms with Crippen molar-refractivity contribution >= 4 is 5.82 Å². The molecule has 1 aliphatic rings. The Morgan fingerprint density at radius 1 is 1.24 bits per heavy atom. The minimum atomic E-state index is 0.391. The van der Waals surface area contributed by atoms with E-state index in [4.69, 9.17) is 15.0 Å². The molecule has 0 aliphatic heterocycles. The molecular formula is C13H14N2O2. The topological polar surface area (TPSA) is 61.3 Å². The first-order valence-corrected chi connectivity index (χ1v) is 5.70. The minimum absolute atomic E-state index is 0.391. The summed E-state index contributed by atoms with van der Waals surface area (Å²) in [5, 5.41) is 3.71. The van der Waals surface area contributed by atoms with Gasteiger partial charge in [-0.3, -0.25) is 0 Å². The van der Waals surface area contributed by atoms with Crippen LogP contribution in [-0.4, -0.2) is 12.3 Å². The predicted octanol–water partition coefficient (Wildman–Crippen LogP) is 2.42. The summed E-state index contributed by atoms with van der Waals surface area (Å²) in [5.41, 5.74) is 9.25. The van der Waals surface area contributed by atoms with Crippen molar-refractivity contribution in [2.45, 2.75) is 19.3 Å². The number of hydrogen-bond acceptors (Lipinski definition) is 4. The van der Waals surface area contributed by atoms with Gasteiger partial charge in [0.1, 0.15) is 5.75 Å². The van der Waals surface area contributed by atoms with Crippen LogP contribution in [0.4, 0.5) is 5.82 Å². The molecule has 1 heterocycles. The third-order valence-corrected chi connectivity index (χ3v) is 3.21. The van der Waals surface area contributed by atoms with E-state index in [-0.39, 0.29) is 0 Å². The van der Waals surface area contributed by atoms with Crippen LogP contribution >= 0.6 is 0 Å². The maximum atomic E-state index is 5.57. The third kappa shape index (κ3) is 1.65. The highest BCUT2D eigenvalue weighted by atomic mass is 16.5. The Kier molecular flexibility index (Phi) is 2.28. The summed E-state index contributed by atoms with van der Waals surface area (Å²) in [6.45, 7) is 0. The summed E-state index contributed by atoms with van der Waals surface area (Å²) in [6.07, 6.45) is 3.46. The van der Waals surface area contributed by atoms with E-state index in [1.807, 2.05) is 0 Å². The number of nitrogen functional groups attached to an aromatic ring is 1. The van der Waals surface area contributed by atoms with Crippen LogP contribution in [-0.2, 0) is 12.8 Å². The van der Waals surface area contributed by atoms with Crippen LogP contribution in [0.25, 0.3) is 11.3 Å². The Bertz CT molecular complexity index is 561. The second-order valence-corrected chi connectivity index (χ2v) is 4.29. The van der Waals surface area contributed by atoms with Crippen molar-refractivity contribution in [1.29, 1.82) is 0 Å². The van der Waals surface area contributed by atoms with E-state index in [9.17, 15) is 0 Å². The molecule has 88 valence electrons. The Balaban J connectivity index is 2.15. The number of anilines is 1. The first kappa shape index (κ1) is 10.2. The zero-order chi connectivity index (χ0) is 11.8. The van der Waals surface area contributed by atoms with Gasteiger partial charge in [0.25, 0.3) is 0 Å². The number of aryl methyl sites for hydroxylation is 2. The number of ether oxygens (including phenoxy) is 1. The lowest BCUT2D eigenvalue weighted by molar-refractivity contribution is 0.406. The van der Waals surface area contributed by atoms with Crippen molar-refractivity contribution in [2.75, 3.05) is 12.8 Å². The van der Waals surface area contributed by atoms with E-state index in [2.05, 4.69) is 17.3 Å². The molecule has 0 radical (unpaired) electrons. The summed E-state index contributed by atoms with van der Waals surface area (Å²) in [7, 11) is 1.67. The van der Waals surface area contributed by atoms with Gasteiger partial charge in [-0.05, 0) is 42.5 Å². The highest BCUT2D eigenvalue weighted by Gasteiger charge is 2.18. The lowest BCUT2D eigenvalue weighted by Crippen LogP contribution is -1.91. The van der Waals surface area contributed by atoms with E-state index >= 15 is 0 Å². The largest absolute Gasteiger partial charge is 0.496 e. The average molecular weight is 230 g/mol. The Hall–Kier alpha value is -1.97. The number of nitrogens with zero attached hydrogens (tertiary/aromatic N) is 1. The number of rotatable bonds is 2. The fourth-order valence-electron chi connectivity index (χ4n) is 2.38. The van der Waals surface area contributed by atoms with Crippen molar-refractivity contribution in [1.82, 2.24) is 5.16 Å². The van der Waals surface area contributed by atoms with Crippen LogP contribution < -0.4 is 10.5 Å². The fraction of sp³-hybridized carbons (Fsp3) is 0.308. The Morgan fingerprint density at radius 2 is 2.00 bits per heavy atom. The Labute approximate surface area is 99.4 Å². The molecule has 0 saturated carbocycles. The highest BCUT2D eigenvalue weighted by Crippen LogP contribution is 2.36. The molecule has 0 spiro atoms. The zero-order valence-electron chi connectivity index (χ0n) is 9.69. The summed E-state index contributed by atoms with van der Waals surface area (Å²) in [5.74, 6) is 1.87. The molecule has 4 heteroatoms. The third-order valence-electron chi connectivity index (χ3n) is 3.21. The van der Waals surface area contributed by atoms with Crippen molar-refractivity contribution in [3.63, 3.8) is 0 Å². The smallest absolute Gasteiger partial charge is 0.172 e. The summed E-state index contributed by atoms with van der Waals surface area (Å²) in [4.78, 5) is 0. The van der Waals surface area contributed by atoms with E-state index in [1.54, 1.807) is 13.2 Å². The molecule has 3 rings (SSSR count). The summed E-state index contributed by atoms with van der Waals surface area (Å²) < 4.78 is 10.6. The fourth-order valence-corrected chi connectivity index (χ4v) is 2.38. The molecule has 0 bridgehead atoms. The number of fused-ring (bicyclic) bond motifs is 1. The maximum absolute atomic E-state index is 5.57. The number of benzene rings is 1. The van der Waals surface area contributed by atoms with E-state index < -0.39 is 0 Å². The van der Waals surface area contributed by atoms with Gasteiger partial charge in [0, 0.05) is 6.07 Å². The molecule has 1 aromatic heterocycles. The maximum Gasteiger partial charge on any atom is 0.172 e. The van der Waals surface area contributed by atoms with Gasteiger partial charge in [0.15, 0.2) is 11.6 Å². The number of aromatic nitrogens is 1. The molecule has 2 aromatic rings. The van der Waals surface area contributed by atoms with Gasteiger partial charge in [0.2, 0.25) is 0 Å². The predicted molar refractivity (Wildman–Crippen MR) is 64.9 cm³/mol. The monoisotopic (exact) mass is 230 g/mol. The van der Waals surface area contributed by atoms with Crippen LogP contribution in [0.1, 0.15) is 17.5 Å². The van der Waals surface area contributed by atoms with Gasteiger partial charge in [-0.1, -0.05) is 5.16 Å². The zero-order valence-corrected chi connectivity index (χ0v) is 9.69. The highest BCUT2D eigenvalue weighted by molar-refractivity contribution is 5.69. The molecule has 2 N–H and O–H groups in total. The molecular weight excluding hydrogens is 216 g/mol. The van der Waals surface area contributed by atoms with Gasteiger partial charge in [-0.2, -0.15) is 0 Å². The van der Waals surface area contributed by atoms with Crippen LogP contribution in [0, 0.1) is 0 Å². The van der Waals surface area contributed by atoms with Crippen molar-refractivity contribution in [2.24, 2.45) is 0 Å². The van der Waals surface area contributed by atoms with Gasteiger partial charge in [-0.15, -0.1) is 0 Å². The van der Waals surface area contributed by atoms with Gasteiger partial charge < -0.3 is 15.0 Å². The lowest BCUT2D eigenvalue weighted by atomic mass is 10.0. The molecule has 4 nitrogen and oxygen atoms in total. The first-order chi connectivity index (χ1) is 8.28. The minimum Gasteiger partial charge on any atom is -0.496 e.